The normalized spacial score (nSPS) is 15.4. The molecule has 0 radical (unpaired) electrons. The molecule has 8 aromatic rings. The van der Waals surface area contributed by atoms with Gasteiger partial charge in [0.15, 0.2) is 0 Å². The van der Waals surface area contributed by atoms with E-state index in [1.165, 1.54) is 45.1 Å². The van der Waals surface area contributed by atoms with E-state index in [-0.39, 0.29) is 16.7 Å². The van der Waals surface area contributed by atoms with Gasteiger partial charge in [-0.25, -0.2) is 0 Å². The highest BCUT2D eigenvalue weighted by molar-refractivity contribution is 6.17. The van der Waals surface area contributed by atoms with Gasteiger partial charge in [-0.05, 0) is 116 Å². The van der Waals surface area contributed by atoms with Crippen molar-refractivity contribution >= 4 is 54.7 Å². The average molecular weight is 743 g/mol. The van der Waals surface area contributed by atoms with Crippen molar-refractivity contribution in [1.82, 2.24) is 4.57 Å². The minimum atomic E-state index is -4.39. The summed E-state index contributed by atoms with van der Waals surface area (Å²) in [4.78, 5) is 5.51. The van der Waals surface area contributed by atoms with E-state index < -0.39 is 11.7 Å². The maximum absolute atomic E-state index is 13.7. The van der Waals surface area contributed by atoms with Gasteiger partial charge in [0.1, 0.15) is 0 Å². The van der Waals surface area contributed by atoms with E-state index in [0.717, 1.165) is 55.3 Å². The SMILES string of the molecule is CC(C)(C)c1ccc2c(c1)c1cc(C(C)(C)C)ccc1n2-c1ccc(C2=Nc3c(c4ccccc4c4ccccc34)C(c3ccc(C(F)(F)F)cc3)CC2)cc1. The molecule has 1 atom stereocenters. The average Bonchev–Trinajstić information content (AvgIpc) is 3.36. The number of halogens is 3. The molecule has 0 aliphatic carbocycles. The molecule has 2 nitrogen and oxygen atoms in total. The smallest absolute Gasteiger partial charge is 0.309 e. The first-order valence-electron chi connectivity index (χ1n) is 19.5. The fourth-order valence-electron chi connectivity index (χ4n) is 8.72. The lowest BCUT2D eigenvalue weighted by atomic mass is 9.82. The highest BCUT2D eigenvalue weighted by atomic mass is 19.4. The van der Waals surface area contributed by atoms with E-state index in [1.807, 2.05) is 18.2 Å². The van der Waals surface area contributed by atoms with Crippen LogP contribution in [0.4, 0.5) is 18.9 Å². The van der Waals surface area contributed by atoms with Crippen molar-refractivity contribution < 1.29 is 13.2 Å². The zero-order chi connectivity index (χ0) is 39.1. The van der Waals surface area contributed by atoms with E-state index in [9.17, 15) is 13.2 Å². The van der Waals surface area contributed by atoms with E-state index in [0.29, 0.717) is 12.8 Å². The molecule has 0 N–H and O–H groups in total. The molecule has 2 heterocycles. The number of fused-ring (bicyclic) bond motifs is 9. The van der Waals surface area contributed by atoms with Crippen LogP contribution >= 0.6 is 0 Å². The molecule has 7 aromatic carbocycles. The number of alkyl halides is 3. The Labute approximate surface area is 326 Å². The summed E-state index contributed by atoms with van der Waals surface area (Å²) in [6, 6.07) is 45.0. The van der Waals surface area contributed by atoms with Crippen LogP contribution in [0.5, 0.6) is 0 Å². The summed E-state index contributed by atoms with van der Waals surface area (Å²) in [5.74, 6) is -0.143. The molecule has 0 saturated carbocycles. The molecule has 1 unspecified atom stereocenters. The minimum Gasteiger partial charge on any atom is -0.309 e. The first kappa shape index (κ1) is 36.0. The Morgan fingerprint density at radius 1 is 0.536 bits per heavy atom. The highest BCUT2D eigenvalue weighted by Crippen LogP contribution is 2.48. The second-order valence-electron chi connectivity index (χ2n) is 17.5. The van der Waals surface area contributed by atoms with E-state index in [1.54, 1.807) is 12.1 Å². The van der Waals surface area contributed by atoms with Gasteiger partial charge < -0.3 is 4.57 Å². The quantitative estimate of drug-likeness (QED) is 0.160. The summed E-state index contributed by atoms with van der Waals surface area (Å²) in [5, 5.41) is 6.87. The largest absolute Gasteiger partial charge is 0.416 e. The van der Waals surface area contributed by atoms with Crippen LogP contribution in [0.2, 0.25) is 0 Å². The van der Waals surface area contributed by atoms with Gasteiger partial charge in [-0.15, -0.1) is 0 Å². The fraction of sp³-hybridized carbons (Fsp3) is 0.235. The van der Waals surface area contributed by atoms with Gasteiger partial charge >= 0.3 is 6.18 Å². The number of nitrogens with zero attached hydrogens (tertiary/aromatic N) is 2. The van der Waals surface area contributed by atoms with Gasteiger partial charge in [-0.2, -0.15) is 13.2 Å². The summed E-state index contributed by atoms with van der Waals surface area (Å²) >= 11 is 0. The first-order valence-corrected chi connectivity index (χ1v) is 19.5. The number of hydrogen-bond acceptors (Lipinski definition) is 1. The molecule has 1 aliphatic rings. The lowest BCUT2D eigenvalue weighted by molar-refractivity contribution is -0.137. The number of aliphatic imine (C=N–C) groups is 1. The molecule has 0 spiro atoms. The standard InChI is InChI=1S/C51H45F3N2/c1-49(2,3)34-21-27-45-42(29-34)43-30-35(50(4,5)6)22-28-46(43)56(45)36-23-17-32(18-24-36)44-26-25-37(31-15-19-33(20-16-31)51(52,53)54)47-40-13-9-7-11-38(40)39-12-8-10-14-41(39)48(47)55-44/h7-24,27-30,37H,25-26H2,1-6H3. The molecule has 1 aromatic heterocycles. The molecule has 9 rings (SSSR count). The topological polar surface area (TPSA) is 17.3 Å². The van der Waals surface area contributed by atoms with Crippen LogP contribution in [0.25, 0.3) is 49.0 Å². The third kappa shape index (κ3) is 6.09. The van der Waals surface area contributed by atoms with Crippen LogP contribution in [0.3, 0.4) is 0 Å². The monoisotopic (exact) mass is 742 g/mol. The maximum Gasteiger partial charge on any atom is 0.416 e. The molecular weight excluding hydrogens is 698 g/mol. The van der Waals surface area contributed by atoms with E-state index >= 15 is 0 Å². The van der Waals surface area contributed by atoms with Gasteiger partial charge in [0.25, 0.3) is 0 Å². The van der Waals surface area contributed by atoms with Gasteiger partial charge in [-0.3, -0.25) is 4.99 Å². The van der Waals surface area contributed by atoms with Gasteiger partial charge in [0.2, 0.25) is 0 Å². The van der Waals surface area contributed by atoms with Gasteiger partial charge in [0, 0.05) is 33.5 Å². The molecule has 0 saturated heterocycles. The minimum absolute atomic E-state index is 0.0209. The van der Waals surface area contributed by atoms with E-state index in [2.05, 4.69) is 137 Å². The Hall–Kier alpha value is -5.68. The Bertz CT molecular complexity index is 2770. The molecule has 0 amide bonds. The Morgan fingerprint density at radius 3 is 1.57 bits per heavy atom. The zero-order valence-electron chi connectivity index (χ0n) is 32.7. The number of benzene rings is 7. The van der Waals surface area contributed by atoms with Crippen molar-refractivity contribution in [3.8, 4) is 5.69 Å². The third-order valence-electron chi connectivity index (χ3n) is 11.8. The van der Waals surface area contributed by atoms with Crippen LogP contribution in [-0.4, -0.2) is 10.3 Å². The van der Waals surface area contributed by atoms with Crippen molar-refractivity contribution in [2.24, 2.45) is 4.99 Å². The summed E-state index contributed by atoms with van der Waals surface area (Å²) < 4.78 is 43.3. The van der Waals surface area contributed by atoms with Crippen molar-refractivity contribution in [2.75, 3.05) is 0 Å². The molecule has 5 heteroatoms. The van der Waals surface area contributed by atoms with Crippen LogP contribution in [0, 0.1) is 0 Å². The van der Waals surface area contributed by atoms with Crippen molar-refractivity contribution in [2.45, 2.75) is 77.3 Å². The lowest BCUT2D eigenvalue weighted by Crippen LogP contribution is -2.10. The van der Waals surface area contributed by atoms with Crippen molar-refractivity contribution in [3.05, 3.63) is 167 Å². The summed E-state index contributed by atoms with van der Waals surface area (Å²) in [7, 11) is 0. The maximum atomic E-state index is 13.7. The summed E-state index contributed by atoms with van der Waals surface area (Å²) in [6.45, 7) is 13.6. The fourth-order valence-corrected chi connectivity index (χ4v) is 8.72. The summed E-state index contributed by atoms with van der Waals surface area (Å²) in [5.41, 5.74) is 10.3. The predicted octanol–water partition coefficient (Wildman–Crippen LogP) is 14.8. The Balaban J connectivity index is 1.19. The third-order valence-corrected chi connectivity index (χ3v) is 11.8. The number of rotatable bonds is 3. The van der Waals surface area contributed by atoms with Crippen molar-refractivity contribution in [3.63, 3.8) is 0 Å². The Kier molecular flexibility index (Phi) is 8.32. The Morgan fingerprint density at radius 2 is 1.04 bits per heavy atom. The first-order chi connectivity index (χ1) is 26.7. The zero-order valence-corrected chi connectivity index (χ0v) is 32.7. The second-order valence-corrected chi connectivity index (χ2v) is 17.5. The molecule has 1 aliphatic heterocycles. The van der Waals surface area contributed by atoms with Crippen LogP contribution in [0.15, 0.2) is 138 Å². The highest BCUT2D eigenvalue weighted by Gasteiger charge is 2.32. The number of hydrogen-bond donors (Lipinski definition) is 0. The molecule has 280 valence electrons. The predicted molar refractivity (Wildman–Crippen MR) is 228 cm³/mol. The molecule has 0 fully saturated rings. The van der Waals surface area contributed by atoms with Crippen LogP contribution in [-0.2, 0) is 17.0 Å². The molecule has 0 bridgehead atoms. The van der Waals surface area contributed by atoms with Gasteiger partial charge in [0.05, 0.1) is 22.3 Å². The number of aromatic nitrogens is 1. The van der Waals surface area contributed by atoms with Crippen molar-refractivity contribution in [1.29, 1.82) is 0 Å². The molecule has 56 heavy (non-hydrogen) atoms. The van der Waals surface area contributed by atoms with Crippen LogP contribution in [0.1, 0.15) is 93.7 Å². The molecular formula is C51H45F3N2. The van der Waals surface area contributed by atoms with Crippen LogP contribution < -0.4 is 0 Å². The van der Waals surface area contributed by atoms with E-state index in [4.69, 9.17) is 4.99 Å². The van der Waals surface area contributed by atoms with Gasteiger partial charge in [-0.1, -0.05) is 126 Å². The second kappa shape index (κ2) is 12.9. The lowest BCUT2D eigenvalue weighted by Gasteiger charge is -2.22. The summed E-state index contributed by atoms with van der Waals surface area (Å²) in [6.07, 6.45) is -3.02.